The van der Waals surface area contributed by atoms with Crippen LogP contribution in [-0.2, 0) is 6.42 Å². The standard InChI is InChI=1S/C23H31N3OS/c1-3-25(2)19-15-23(12-8-5-9-13-23)26(16-19)22(27)20-17-28-21(24-20)14-18-10-6-4-7-11-18/h4,6-7,10-11,17,19H,3,5,8-9,12-16H2,1-2H3. The predicted molar refractivity (Wildman–Crippen MR) is 115 cm³/mol. The number of benzene rings is 1. The van der Waals surface area contributed by atoms with Gasteiger partial charge in [0.25, 0.3) is 5.91 Å². The van der Waals surface area contributed by atoms with Crippen LogP contribution < -0.4 is 0 Å². The molecule has 1 atom stereocenters. The molecule has 2 aromatic rings. The fourth-order valence-electron chi connectivity index (χ4n) is 4.95. The maximum absolute atomic E-state index is 13.5. The third-order valence-electron chi connectivity index (χ3n) is 6.70. The van der Waals surface area contributed by atoms with E-state index in [2.05, 4.69) is 48.0 Å². The SMILES string of the molecule is CCN(C)C1CN(C(=O)c2csc(Cc3ccccc3)n2)C2(CCCCC2)C1. The number of likely N-dealkylation sites (tertiary alicyclic amines) is 1. The van der Waals surface area contributed by atoms with Gasteiger partial charge < -0.3 is 9.80 Å². The number of carbonyl (C=O) groups excluding carboxylic acids is 1. The van der Waals surface area contributed by atoms with Gasteiger partial charge in [-0.1, -0.05) is 56.5 Å². The molecule has 1 spiro atoms. The minimum atomic E-state index is 0.0483. The van der Waals surface area contributed by atoms with Gasteiger partial charge in [-0.2, -0.15) is 0 Å². The topological polar surface area (TPSA) is 36.4 Å². The first-order chi connectivity index (χ1) is 13.6. The van der Waals surface area contributed by atoms with Crippen molar-refractivity contribution >= 4 is 17.2 Å². The molecule has 0 radical (unpaired) electrons. The summed E-state index contributed by atoms with van der Waals surface area (Å²) in [5, 5.41) is 2.99. The average Bonchev–Trinajstić information content (AvgIpc) is 3.33. The smallest absolute Gasteiger partial charge is 0.273 e. The molecule has 4 rings (SSSR count). The van der Waals surface area contributed by atoms with Crippen LogP contribution in [0.5, 0.6) is 0 Å². The van der Waals surface area contributed by atoms with Crippen molar-refractivity contribution in [3.8, 4) is 0 Å². The minimum Gasteiger partial charge on any atom is -0.330 e. The van der Waals surface area contributed by atoms with E-state index in [0.717, 1.165) is 43.8 Å². The molecule has 2 aliphatic rings. The van der Waals surface area contributed by atoms with Crippen LogP contribution in [0.4, 0.5) is 0 Å². The highest BCUT2D eigenvalue weighted by molar-refractivity contribution is 7.09. The van der Waals surface area contributed by atoms with Crippen LogP contribution in [0.15, 0.2) is 35.7 Å². The summed E-state index contributed by atoms with van der Waals surface area (Å²) >= 11 is 1.61. The van der Waals surface area contributed by atoms with Crippen molar-refractivity contribution in [1.29, 1.82) is 0 Å². The second kappa shape index (κ2) is 8.34. The summed E-state index contributed by atoms with van der Waals surface area (Å²) in [6.07, 6.45) is 7.98. The molecule has 1 aromatic heterocycles. The lowest BCUT2D eigenvalue weighted by Crippen LogP contribution is -2.48. The normalized spacial score (nSPS) is 21.5. The van der Waals surface area contributed by atoms with E-state index in [4.69, 9.17) is 4.98 Å². The monoisotopic (exact) mass is 397 g/mol. The van der Waals surface area contributed by atoms with Gasteiger partial charge in [-0.25, -0.2) is 4.98 Å². The number of aromatic nitrogens is 1. The maximum Gasteiger partial charge on any atom is 0.273 e. The van der Waals surface area contributed by atoms with E-state index >= 15 is 0 Å². The van der Waals surface area contributed by atoms with E-state index in [0.29, 0.717) is 11.7 Å². The van der Waals surface area contributed by atoms with Crippen molar-refractivity contribution in [2.75, 3.05) is 20.1 Å². The lowest BCUT2D eigenvalue weighted by molar-refractivity contribution is 0.0494. The Bertz CT molecular complexity index is 797. The molecule has 2 heterocycles. The van der Waals surface area contributed by atoms with Crippen LogP contribution in [0.2, 0.25) is 0 Å². The molecule has 1 saturated carbocycles. The van der Waals surface area contributed by atoms with Gasteiger partial charge in [0.1, 0.15) is 5.69 Å². The Kier molecular flexibility index (Phi) is 5.83. The molecule has 28 heavy (non-hydrogen) atoms. The van der Waals surface area contributed by atoms with E-state index in [1.807, 2.05) is 11.4 Å². The van der Waals surface area contributed by atoms with Crippen LogP contribution in [-0.4, -0.2) is 52.4 Å². The predicted octanol–water partition coefficient (Wildman–Crippen LogP) is 4.60. The maximum atomic E-state index is 13.5. The molecular weight excluding hydrogens is 366 g/mol. The van der Waals surface area contributed by atoms with E-state index in [1.54, 1.807) is 11.3 Å². The Morgan fingerprint density at radius 2 is 2.00 bits per heavy atom. The number of nitrogens with zero attached hydrogens (tertiary/aromatic N) is 3. The van der Waals surface area contributed by atoms with Crippen LogP contribution in [0.3, 0.4) is 0 Å². The van der Waals surface area contributed by atoms with Gasteiger partial charge in [0.2, 0.25) is 0 Å². The highest BCUT2D eigenvalue weighted by Gasteiger charge is 2.49. The first-order valence-electron chi connectivity index (χ1n) is 10.6. The van der Waals surface area contributed by atoms with Crippen molar-refractivity contribution in [2.24, 2.45) is 0 Å². The first kappa shape index (κ1) is 19.6. The summed E-state index contributed by atoms with van der Waals surface area (Å²) < 4.78 is 0. The largest absolute Gasteiger partial charge is 0.330 e. The van der Waals surface area contributed by atoms with E-state index < -0.39 is 0 Å². The van der Waals surface area contributed by atoms with Crippen molar-refractivity contribution in [1.82, 2.24) is 14.8 Å². The Balaban J connectivity index is 1.54. The van der Waals surface area contributed by atoms with Crippen LogP contribution in [0.25, 0.3) is 0 Å². The molecule has 1 unspecified atom stereocenters. The van der Waals surface area contributed by atoms with Gasteiger partial charge in [0.15, 0.2) is 0 Å². The van der Waals surface area contributed by atoms with Gasteiger partial charge in [-0.05, 0) is 38.4 Å². The third kappa shape index (κ3) is 3.87. The van der Waals surface area contributed by atoms with Gasteiger partial charge in [-0.3, -0.25) is 4.79 Å². The number of amides is 1. The van der Waals surface area contributed by atoms with E-state index in [1.165, 1.54) is 24.8 Å². The summed E-state index contributed by atoms with van der Waals surface area (Å²) in [5.41, 5.74) is 1.93. The summed E-state index contributed by atoms with van der Waals surface area (Å²) in [6.45, 7) is 4.07. The Hall–Kier alpha value is -1.72. The highest BCUT2D eigenvalue weighted by Crippen LogP contribution is 2.43. The van der Waals surface area contributed by atoms with E-state index in [9.17, 15) is 4.79 Å². The summed E-state index contributed by atoms with van der Waals surface area (Å²) in [7, 11) is 2.19. The van der Waals surface area contributed by atoms with Crippen LogP contribution in [0, 0.1) is 0 Å². The number of hydrogen-bond acceptors (Lipinski definition) is 4. The number of rotatable bonds is 5. The fourth-order valence-corrected chi connectivity index (χ4v) is 5.75. The number of carbonyl (C=O) groups is 1. The average molecular weight is 398 g/mol. The van der Waals surface area contributed by atoms with Gasteiger partial charge in [0, 0.05) is 29.9 Å². The second-order valence-electron chi connectivity index (χ2n) is 8.42. The Morgan fingerprint density at radius 1 is 1.25 bits per heavy atom. The Morgan fingerprint density at radius 3 is 2.71 bits per heavy atom. The first-order valence-corrected chi connectivity index (χ1v) is 11.5. The second-order valence-corrected chi connectivity index (χ2v) is 9.36. The lowest BCUT2D eigenvalue weighted by Gasteiger charge is -2.41. The molecule has 1 amide bonds. The van der Waals surface area contributed by atoms with Crippen molar-refractivity contribution < 1.29 is 4.79 Å². The molecular formula is C23H31N3OS. The highest BCUT2D eigenvalue weighted by atomic mass is 32.1. The molecule has 0 bridgehead atoms. The number of likely N-dealkylation sites (N-methyl/N-ethyl adjacent to an activating group) is 1. The van der Waals surface area contributed by atoms with Crippen molar-refractivity contribution in [2.45, 2.75) is 63.5 Å². The quantitative estimate of drug-likeness (QED) is 0.740. The fraction of sp³-hybridized carbons (Fsp3) is 0.565. The zero-order valence-corrected chi connectivity index (χ0v) is 17.9. The van der Waals surface area contributed by atoms with Gasteiger partial charge >= 0.3 is 0 Å². The molecule has 150 valence electrons. The molecule has 0 N–H and O–H groups in total. The lowest BCUT2D eigenvalue weighted by atomic mass is 9.79. The van der Waals surface area contributed by atoms with Gasteiger partial charge in [0.05, 0.1) is 5.01 Å². The molecule has 1 aliphatic heterocycles. The molecule has 2 fully saturated rings. The molecule has 4 nitrogen and oxygen atoms in total. The molecule has 1 aliphatic carbocycles. The zero-order chi connectivity index (χ0) is 19.6. The Labute approximate surface area is 172 Å². The van der Waals surface area contributed by atoms with Crippen molar-refractivity contribution in [3.63, 3.8) is 0 Å². The number of hydrogen-bond donors (Lipinski definition) is 0. The molecule has 1 saturated heterocycles. The van der Waals surface area contributed by atoms with Crippen LogP contribution in [0.1, 0.15) is 66.5 Å². The number of thiazole rings is 1. The van der Waals surface area contributed by atoms with Crippen molar-refractivity contribution in [3.05, 3.63) is 52.0 Å². The van der Waals surface area contributed by atoms with E-state index in [-0.39, 0.29) is 11.4 Å². The minimum absolute atomic E-state index is 0.0483. The summed E-state index contributed by atoms with van der Waals surface area (Å²) in [4.78, 5) is 22.8. The molecule has 5 heteroatoms. The summed E-state index contributed by atoms with van der Waals surface area (Å²) in [6, 6.07) is 10.8. The molecule has 1 aromatic carbocycles. The van der Waals surface area contributed by atoms with Gasteiger partial charge in [-0.15, -0.1) is 11.3 Å². The zero-order valence-electron chi connectivity index (χ0n) is 17.1. The third-order valence-corrected chi connectivity index (χ3v) is 7.55. The summed E-state index contributed by atoms with van der Waals surface area (Å²) in [5.74, 6) is 0.143. The van der Waals surface area contributed by atoms with Crippen LogP contribution >= 0.6 is 11.3 Å².